The molecule has 0 spiro atoms. The molecule has 2 aromatic carbocycles. The Hall–Kier alpha value is -3.98. The number of carbonyl (C=O) groups is 2. The van der Waals surface area contributed by atoms with Gasteiger partial charge >= 0.3 is 5.91 Å². The first kappa shape index (κ1) is 20.3. The Morgan fingerprint density at radius 1 is 1.16 bits per heavy atom. The molecule has 3 aromatic rings. The van der Waals surface area contributed by atoms with Crippen molar-refractivity contribution < 1.29 is 24.1 Å². The molecule has 4 rings (SSSR count). The van der Waals surface area contributed by atoms with E-state index in [0.29, 0.717) is 16.3 Å². The Bertz CT molecular complexity index is 1230. The Labute approximate surface area is 180 Å². The number of Topliss-reactive ketones (excluding diaryl/α,β-unsaturated/α-hetero) is 1. The lowest BCUT2D eigenvalue weighted by atomic mass is 9.95. The van der Waals surface area contributed by atoms with Crippen molar-refractivity contribution in [3.63, 3.8) is 0 Å². The van der Waals surface area contributed by atoms with Crippen LogP contribution in [0.25, 0.3) is 5.76 Å². The highest BCUT2D eigenvalue weighted by Crippen LogP contribution is 2.42. The van der Waals surface area contributed by atoms with Gasteiger partial charge in [-0.05, 0) is 48.9 Å². The lowest BCUT2D eigenvalue weighted by molar-refractivity contribution is -0.384. The minimum absolute atomic E-state index is 0.0816. The number of amides is 1. The summed E-state index contributed by atoms with van der Waals surface area (Å²) in [6, 6.07) is 11.9. The van der Waals surface area contributed by atoms with Crippen LogP contribution in [0.2, 0.25) is 5.02 Å². The average molecular weight is 440 g/mol. The minimum Gasteiger partial charge on any atom is -0.507 e. The van der Waals surface area contributed by atoms with Crippen LogP contribution in [0.4, 0.5) is 11.5 Å². The number of anilines is 1. The topological polar surface area (TPSA) is 127 Å². The van der Waals surface area contributed by atoms with E-state index >= 15 is 0 Å². The summed E-state index contributed by atoms with van der Waals surface area (Å²) >= 11 is 5.90. The van der Waals surface area contributed by atoms with Crippen molar-refractivity contribution in [2.24, 2.45) is 0 Å². The van der Waals surface area contributed by atoms with Gasteiger partial charge in [-0.15, -0.1) is 0 Å². The van der Waals surface area contributed by atoms with E-state index in [-0.39, 0.29) is 22.6 Å². The number of rotatable bonds is 4. The lowest BCUT2D eigenvalue weighted by Crippen LogP contribution is -2.29. The van der Waals surface area contributed by atoms with Gasteiger partial charge in [0.2, 0.25) is 0 Å². The molecule has 9 nitrogen and oxygen atoms in total. The van der Waals surface area contributed by atoms with Gasteiger partial charge in [0.1, 0.15) is 11.5 Å². The zero-order chi connectivity index (χ0) is 22.3. The summed E-state index contributed by atoms with van der Waals surface area (Å²) in [4.78, 5) is 37.4. The number of aliphatic hydroxyl groups is 1. The summed E-state index contributed by atoms with van der Waals surface area (Å²) in [5.41, 5.74) is 0.323. The van der Waals surface area contributed by atoms with Crippen molar-refractivity contribution in [2.75, 3.05) is 4.90 Å². The highest BCUT2D eigenvalue weighted by Gasteiger charge is 2.48. The Kier molecular flexibility index (Phi) is 5.04. The normalized spacial score (nSPS) is 17.9. The maximum absolute atomic E-state index is 12.9. The summed E-state index contributed by atoms with van der Waals surface area (Å²) in [7, 11) is 0. The number of non-ortho nitro benzene ring substituents is 1. The molecule has 1 unspecified atom stereocenters. The molecule has 0 bridgehead atoms. The smallest absolute Gasteiger partial charge is 0.301 e. The SMILES string of the molecule is Cc1cc(N2C(=O)C(=O)C(=C(O)c3ccc(Cl)cc3)C2c2ccc([N+](=O)[O-])cc2)no1. The van der Waals surface area contributed by atoms with Gasteiger partial charge in [-0.1, -0.05) is 16.8 Å². The number of ketones is 1. The van der Waals surface area contributed by atoms with Crippen molar-refractivity contribution >= 4 is 40.6 Å². The van der Waals surface area contributed by atoms with E-state index in [1.165, 1.54) is 54.6 Å². The molecule has 1 aromatic heterocycles. The number of nitro benzene ring substituents is 1. The average Bonchev–Trinajstić information content (AvgIpc) is 3.29. The first-order valence-corrected chi connectivity index (χ1v) is 9.40. The first-order chi connectivity index (χ1) is 14.8. The van der Waals surface area contributed by atoms with Crippen LogP contribution in [-0.2, 0) is 9.59 Å². The Morgan fingerprint density at radius 2 is 1.81 bits per heavy atom. The molecule has 1 aliphatic rings. The number of nitro groups is 1. The molecule has 31 heavy (non-hydrogen) atoms. The summed E-state index contributed by atoms with van der Waals surface area (Å²) in [5.74, 6) is -1.74. The number of hydrogen-bond donors (Lipinski definition) is 1. The van der Waals surface area contributed by atoms with Gasteiger partial charge in [0.25, 0.3) is 11.5 Å². The molecule has 1 N–H and O–H groups in total. The van der Waals surface area contributed by atoms with Crippen molar-refractivity contribution in [1.29, 1.82) is 0 Å². The monoisotopic (exact) mass is 439 g/mol. The first-order valence-electron chi connectivity index (χ1n) is 9.02. The van der Waals surface area contributed by atoms with Crippen molar-refractivity contribution in [1.82, 2.24) is 5.16 Å². The third kappa shape index (κ3) is 3.55. The number of carbonyl (C=O) groups excluding carboxylic acids is 2. The molecule has 0 aliphatic carbocycles. The quantitative estimate of drug-likeness (QED) is 0.212. The molecule has 0 saturated carbocycles. The van der Waals surface area contributed by atoms with Gasteiger partial charge in [0, 0.05) is 28.8 Å². The molecule has 1 saturated heterocycles. The maximum atomic E-state index is 12.9. The molecule has 0 radical (unpaired) electrons. The van der Waals surface area contributed by atoms with Crippen LogP contribution in [0.3, 0.4) is 0 Å². The fraction of sp³-hybridized carbons (Fsp3) is 0.0952. The van der Waals surface area contributed by atoms with E-state index in [1.54, 1.807) is 6.92 Å². The summed E-state index contributed by atoms with van der Waals surface area (Å²) in [6.45, 7) is 1.63. The molecular weight excluding hydrogens is 426 g/mol. The Morgan fingerprint density at radius 3 is 2.35 bits per heavy atom. The largest absolute Gasteiger partial charge is 0.507 e. The second-order valence-electron chi connectivity index (χ2n) is 6.82. The predicted molar refractivity (Wildman–Crippen MR) is 111 cm³/mol. The molecule has 10 heteroatoms. The van der Waals surface area contributed by atoms with Gasteiger partial charge in [-0.3, -0.25) is 24.6 Å². The van der Waals surface area contributed by atoms with Gasteiger partial charge in [0.05, 0.1) is 16.5 Å². The number of nitrogens with zero attached hydrogens (tertiary/aromatic N) is 3. The second-order valence-corrected chi connectivity index (χ2v) is 7.26. The summed E-state index contributed by atoms with van der Waals surface area (Å²) in [5, 5.41) is 26.2. The molecule has 1 amide bonds. The molecule has 156 valence electrons. The van der Waals surface area contributed by atoms with Gasteiger partial charge in [-0.25, -0.2) is 0 Å². The number of aryl methyl sites for hydroxylation is 1. The van der Waals surface area contributed by atoms with E-state index in [2.05, 4.69) is 5.16 Å². The molecule has 1 aliphatic heterocycles. The number of hydrogen-bond acceptors (Lipinski definition) is 7. The number of halogens is 1. The van der Waals surface area contributed by atoms with Crippen LogP contribution in [0, 0.1) is 17.0 Å². The zero-order valence-corrected chi connectivity index (χ0v) is 16.7. The van der Waals surface area contributed by atoms with Crippen molar-refractivity contribution in [2.45, 2.75) is 13.0 Å². The predicted octanol–water partition coefficient (Wildman–Crippen LogP) is 4.17. The fourth-order valence-electron chi connectivity index (χ4n) is 3.39. The van der Waals surface area contributed by atoms with Gasteiger partial charge in [0.15, 0.2) is 5.82 Å². The highest BCUT2D eigenvalue weighted by molar-refractivity contribution is 6.51. The van der Waals surface area contributed by atoms with Crippen LogP contribution >= 0.6 is 11.6 Å². The van der Waals surface area contributed by atoms with E-state index in [9.17, 15) is 24.8 Å². The van der Waals surface area contributed by atoms with Crippen LogP contribution in [0.1, 0.15) is 22.9 Å². The number of aromatic nitrogens is 1. The lowest BCUT2D eigenvalue weighted by Gasteiger charge is -2.22. The molecule has 1 fully saturated rings. The van der Waals surface area contributed by atoms with Crippen LogP contribution in [0.5, 0.6) is 0 Å². The molecule has 2 heterocycles. The highest BCUT2D eigenvalue weighted by atomic mass is 35.5. The third-order valence-corrected chi connectivity index (χ3v) is 5.10. The van der Waals surface area contributed by atoms with Crippen molar-refractivity contribution in [3.8, 4) is 0 Å². The number of aliphatic hydroxyl groups excluding tert-OH is 1. The van der Waals surface area contributed by atoms with E-state index in [0.717, 1.165) is 4.90 Å². The summed E-state index contributed by atoms with van der Waals surface area (Å²) in [6.07, 6.45) is 0. The maximum Gasteiger partial charge on any atom is 0.301 e. The fourth-order valence-corrected chi connectivity index (χ4v) is 3.52. The van der Waals surface area contributed by atoms with Crippen molar-refractivity contribution in [3.05, 3.63) is 92.2 Å². The zero-order valence-electron chi connectivity index (χ0n) is 16.0. The van der Waals surface area contributed by atoms with Crippen LogP contribution < -0.4 is 4.90 Å². The molecular formula is C21H14ClN3O6. The van der Waals surface area contributed by atoms with E-state index in [4.69, 9.17) is 16.1 Å². The Balaban J connectivity index is 1.92. The third-order valence-electron chi connectivity index (χ3n) is 4.84. The van der Waals surface area contributed by atoms with Gasteiger partial charge in [-0.2, -0.15) is 0 Å². The van der Waals surface area contributed by atoms with E-state index < -0.39 is 28.4 Å². The van der Waals surface area contributed by atoms with Gasteiger partial charge < -0.3 is 9.63 Å². The molecule has 1 atom stereocenters. The minimum atomic E-state index is -1.07. The van der Waals surface area contributed by atoms with Crippen LogP contribution in [0.15, 0.2) is 64.7 Å². The standard InChI is InChI=1S/C21H14ClN3O6/c1-11-10-16(23-31-11)24-18(12-4-8-15(9-5-12)25(29)30)17(20(27)21(24)28)19(26)13-2-6-14(22)7-3-13/h2-10,18,26H,1H3. The number of benzene rings is 2. The van der Waals surface area contributed by atoms with Crippen LogP contribution in [-0.4, -0.2) is 26.9 Å². The second kappa shape index (κ2) is 7.69. The van der Waals surface area contributed by atoms with E-state index in [1.807, 2.05) is 0 Å². The summed E-state index contributed by atoms with van der Waals surface area (Å²) < 4.78 is 5.05.